The van der Waals surface area contributed by atoms with Crippen molar-refractivity contribution >= 4 is 11.5 Å². The van der Waals surface area contributed by atoms with Crippen LogP contribution in [0.3, 0.4) is 0 Å². The number of carbonyl (C=O) groups excluding carboxylic acids is 1. The van der Waals surface area contributed by atoms with Gasteiger partial charge in [0.25, 0.3) is 0 Å². The van der Waals surface area contributed by atoms with E-state index in [4.69, 9.17) is 5.21 Å². The quantitative estimate of drug-likeness (QED) is 0.500. The highest BCUT2D eigenvalue weighted by Gasteiger charge is 2.28. The summed E-state index contributed by atoms with van der Waals surface area (Å²) in [6, 6.07) is 3.73. The molecule has 72 valence electrons. The van der Waals surface area contributed by atoms with E-state index >= 15 is 0 Å². The first-order valence-electron chi connectivity index (χ1n) is 4.50. The van der Waals surface area contributed by atoms with Gasteiger partial charge in [-0.25, -0.2) is 0 Å². The van der Waals surface area contributed by atoms with Crippen molar-refractivity contribution in [1.29, 1.82) is 0 Å². The lowest BCUT2D eigenvalue weighted by Crippen LogP contribution is -2.06. The van der Waals surface area contributed by atoms with Crippen LogP contribution in [0, 0.1) is 13.8 Å². The molecule has 1 aromatic carbocycles. The van der Waals surface area contributed by atoms with Crippen molar-refractivity contribution in [3.8, 4) is 0 Å². The molecule has 0 aromatic heterocycles. The van der Waals surface area contributed by atoms with Gasteiger partial charge in [0.05, 0.1) is 0 Å². The van der Waals surface area contributed by atoms with Crippen molar-refractivity contribution in [3.63, 3.8) is 0 Å². The number of ketones is 1. The van der Waals surface area contributed by atoms with E-state index in [1.807, 2.05) is 19.9 Å². The topological polar surface area (TPSA) is 49.7 Å². The third kappa shape index (κ3) is 1.05. The summed E-state index contributed by atoms with van der Waals surface area (Å²) in [5.41, 5.74) is 4.21. The second-order valence-electron chi connectivity index (χ2n) is 3.59. The van der Waals surface area contributed by atoms with Gasteiger partial charge in [-0.2, -0.15) is 0 Å². The molecule has 0 heterocycles. The highest BCUT2D eigenvalue weighted by Crippen LogP contribution is 2.25. The Labute approximate surface area is 82.1 Å². The van der Waals surface area contributed by atoms with Gasteiger partial charge in [-0.15, -0.1) is 0 Å². The maximum Gasteiger partial charge on any atom is 0.211 e. The molecule has 0 bridgehead atoms. The Hall–Kier alpha value is -1.64. The van der Waals surface area contributed by atoms with Gasteiger partial charge in [-0.05, 0) is 30.5 Å². The van der Waals surface area contributed by atoms with Crippen LogP contribution in [-0.2, 0) is 6.42 Å². The summed E-state index contributed by atoms with van der Waals surface area (Å²) in [4.78, 5) is 11.6. The van der Waals surface area contributed by atoms with E-state index < -0.39 is 0 Å². The van der Waals surface area contributed by atoms with Gasteiger partial charge in [0.2, 0.25) is 5.78 Å². The summed E-state index contributed by atoms with van der Waals surface area (Å²) in [6.45, 7) is 4.00. The SMILES string of the molecule is Cc1ccc2c(c1C)C/C(=N\O)C2=O. The van der Waals surface area contributed by atoms with Crippen molar-refractivity contribution in [2.75, 3.05) is 0 Å². The van der Waals surface area contributed by atoms with E-state index in [9.17, 15) is 4.79 Å². The Balaban J connectivity index is 2.65. The van der Waals surface area contributed by atoms with Gasteiger partial charge in [0, 0.05) is 12.0 Å². The van der Waals surface area contributed by atoms with Crippen LogP contribution < -0.4 is 0 Å². The molecule has 0 spiro atoms. The van der Waals surface area contributed by atoms with Crippen LogP contribution in [0.1, 0.15) is 27.0 Å². The fraction of sp³-hybridized carbons (Fsp3) is 0.273. The zero-order chi connectivity index (χ0) is 10.3. The van der Waals surface area contributed by atoms with Gasteiger partial charge in [-0.3, -0.25) is 4.79 Å². The number of fused-ring (bicyclic) bond motifs is 1. The molecule has 0 amide bonds. The lowest BCUT2D eigenvalue weighted by Gasteiger charge is -2.04. The van der Waals surface area contributed by atoms with Gasteiger partial charge in [0.1, 0.15) is 5.71 Å². The van der Waals surface area contributed by atoms with Crippen molar-refractivity contribution in [3.05, 3.63) is 34.4 Å². The Morgan fingerprint density at radius 1 is 1.36 bits per heavy atom. The van der Waals surface area contributed by atoms with E-state index in [0.717, 1.165) is 16.7 Å². The highest BCUT2D eigenvalue weighted by atomic mass is 16.4. The number of hydrogen-bond donors (Lipinski definition) is 1. The molecular formula is C11H11NO2. The molecule has 0 saturated carbocycles. The molecule has 1 aromatic rings. The van der Waals surface area contributed by atoms with E-state index in [1.165, 1.54) is 0 Å². The summed E-state index contributed by atoms with van der Waals surface area (Å²) in [5, 5.41) is 11.7. The smallest absolute Gasteiger partial charge is 0.211 e. The van der Waals surface area contributed by atoms with E-state index in [0.29, 0.717) is 12.0 Å². The lowest BCUT2D eigenvalue weighted by molar-refractivity contribution is 0.106. The van der Waals surface area contributed by atoms with Gasteiger partial charge >= 0.3 is 0 Å². The van der Waals surface area contributed by atoms with Crippen LogP contribution in [-0.4, -0.2) is 16.7 Å². The Morgan fingerprint density at radius 3 is 2.71 bits per heavy atom. The highest BCUT2D eigenvalue weighted by molar-refractivity contribution is 6.49. The van der Waals surface area contributed by atoms with Crippen molar-refractivity contribution in [2.24, 2.45) is 5.16 Å². The number of hydrogen-bond acceptors (Lipinski definition) is 3. The van der Waals surface area contributed by atoms with Gasteiger partial charge < -0.3 is 5.21 Å². The van der Waals surface area contributed by atoms with Crippen LogP contribution in [0.15, 0.2) is 17.3 Å². The molecule has 0 aliphatic heterocycles. The fourth-order valence-corrected chi connectivity index (χ4v) is 1.80. The second kappa shape index (κ2) is 2.94. The molecule has 0 fully saturated rings. The molecule has 0 saturated heterocycles. The number of aryl methyl sites for hydroxylation is 1. The zero-order valence-corrected chi connectivity index (χ0v) is 8.16. The van der Waals surface area contributed by atoms with Crippen molar-refractivity contribution < 1.29 is 10.0 Å². The van der Waals surface area contributed by atoms with Crippen LogP contribution in [0.4, 0.5) is 0 Å². The third-order valence-corrected chi connectivity index (χ3v) is 2.84. The van der Waals surface area contributed by atoms with Crippen LogP contribution in [0.2, 0.25) is 0 Å². The fourth-order valence-electron chi connectivity index (χ4n) is 1.80. The average Bonchev–Trinajstić information content (AvgIpc) is 2.50. The van der Waals surface area contributed by atoms with E-state index in [-0.39, 0.29) is 11.5 Å². The van der Waals surface area contributed by atoms with Gasteiger partial charge in [0.15, 0.2) is 0 Å². The monoisotopic (exact) mass is 189 g/mol. The van der Waals surface area contributed by atoms with Crippen molar-refractivity contribution in [1.82, 2.24) is 0 Å². The van der Waals surface area contributed by atoms with E-state index in [1.54, 1.807) is 6.07 Å². The number of carbonyl (C=O) groups is 1. The van der Waals surface area contributed by atoms with Crippen molar-refractivity contribution in [2.45, 2.75) is 20.3 Å². The molecule has 3 heteroatoms. The van der Waals surface area contributed by atoms with Crippen LogP contribution >= 0.6 is 0 Å². The third-order valence-electron chi connectivity index (χ3n) is 2.84. The molecular weight excluding hydrogens is 178 g/mol. The molecule has 0 radical (unpaired) electrons. The zero-order valence-electron chi connectivity index (χ0n) is 8.16. The number of nitrogens with zero attached hydrogens (tertiary/aromatic N) is 1. The Morgan fingerprint density at radius 2 is 2.07 bits per heavy atom. The first kappa shape index (κ1) is 8.94. The van der Waals surface area contributed by atoms with Gasteiger partial charge in [-0.1, -0.05) is 17.3 Å². The standard InChI is InChI=1S/C11H11NO2/c1-6-3-4-8-9(7(6)2)5-10(12-14)11(8)13/h3-4,14H,5H2,1-2H3/b12-10+. The molecule has 0 unspecified atom stereocenters. The average molecular weight is 189 g/mol. The summed E-state index contributed by atoms with van der Waals surface area (Å²) in [6.07, 6.45) is 0.457. The first-order valence-corrected chi connectivity index (χ1v) is 4.50. The molecule has 1 N–H and O–H groups in total. The predicted octanol–water partition coefficient (Wildman–Crippen LogP) is 1.87. The predicted molar refractivity (Wildman–Crippen MR) is 53.2 cm³/mol. The minimum Gasteiger partial charge on any atom is -0.411 e. The van der Waals surface area contributed by atoms with E-state index in [2.05, 4.69) is 5.16 Å². The minimum atomic E-state index is -0.148. The first-order chi connectivity index (χ1) is 6.65. The van der Waals surface area contributed by atoms with Crippen LogP contribution in [0.25, 0.3) is 0 Å². The number of benzene rings is 1. The molecule has 1 aliphatic carbocycles. The summed E-state index contributed by atoms with van der Waals surface area (Å²) < 4.78 is 0. The Bertz CT molecular complexity index is 447. The molecule has 3 nitrogen and oxygen atoms in total. The largest absolute Gasteiger partial charge is 0.411 e. The van der Waals surface area contributed by atoms with Crippen LogP contribution in [0.5, 0.6) is 0 Å². The molecule has 14 heavy (non-hydrogen) atoms. The normalized spacial score (nSPS) is 17.6. The Kier molecular flexibility index (Phi) is 1.88. The summed E-state index contributed by atoms with van der Waals surface area (Å²) >= 11 is 0. The molecule has 1 aliphatic rings. The number of rotatable bonds is 0. The lowest BCUT2D eigenvalue weighted by atomic mass is 10.00. The molecule has 0 atom stereocenters. The summed E-state index contributed by atoms with van der Waals surface area (Å²) in [7, 11) is 0. The number of Topliss-reactive ketones (excluding diaryl/α,β-unsaturated/α-hetero) is 1. The summed E-state index contributed by atoms with van der Waals surface area (Å²) in [5.74, 6) is -0.148. The maximum absolute atomic E-state index is 11.6. The minimum absolute atomic E-state index is 0.148. The number of oxime groups is 1. The molecule has 2 rings (SSSR count). The second-order valence-corrected chi connectivity index (χ2v) is 3.59. The maximum atomic E-state index is 11.6.